The Balaban J connectivity index is 1.34. The second-order valence-electron chi connectivity index (χ2n) is 8.06. The van der Waals surface area contributed by atoms with Crippen molar-refractivity contribution in [3.05, 3.63) is 35.7 Å². The van der Waals surface area contributed by atoms with Gasteiger partial charge in [-0.3, -0.25) is 14.4 Å². The van der Waals surface area contributed by atoms with Crippen molar-refractivity contribution in [2.24, 2.45) is 5.92 Å². The van der Waals surface area contributed by atoms with Crippen molar-refractivity contribution in [1.29, 1.82) is 0 Å². The molecule has 0 aliphatic carbocycles. The molecular weight excluding hydrogens is 370 g/mol. The van der Waals surface area contributed by atoms with Crippen LogP contribution >= 0.6 is 0 Å². The summed E-state index contributed by atoms with van der Waals surface area (Å²) in [7, 11) is 1.60. The summed E-state index contributed by atoms with van der Waals surface area (Å²) in [5.74, 6) is 1.37. The average Bonchev–Trinajstić information content (AvgIpc) is 3.42. The summed E-state index contributed by atoms with van der Waals surface area (Å²) in [6, 6.07) is 5.46. The summed E-state index contributed by atoms with van der Waals surface area (Å²) in [5, 5.41) is 18.5. The fourth-order valence-corrected chi connectivity index (χ4v) is 4.32. The Morgan fingerprint density at radius 2 is 2.07 bits per heavy atom. The van der Waals surface area contributed by atoms with Crippen molar-refractivity contribution in [3.63, 3.8) is 0 Å². The zero-order valence-corrected chi connectivity index (χ0v) is 17.0. The quantitative estimate of drug-likeness (QED) is 0.801. The van der Waals surface area contributed by atoms with Crippen LogP contribution in [-0.2, 0) is 13.1 Å². The van der Waals surface area contributed by atoms with Crippen LogP contribution in [0.3, 0.4) is 0 Å². The molecule has 29 heavy (non-hydrogen) atoms. The Labute approximate surface area is 171 Å². The molecule has 2 fully saturated rings. The van der Waals surface area contributed by atoms with Gasteiger partial charge in [-0.15, -0.1) is 5.10 Å². The molecule has 2 aliphatic rings. The van der Waals surface area contributed by atoms with Gasteiger partial charge in [0.05, 0.1) is 13.3 Å². The van der Waals surface area contributed by atoms with E-state index in [9.17, 15) is 9.90 Å². The number of likely N-dealkylation sites (tertiary alicyclic amines) is 2. The number of phenolic OH excluding ortho intramolecular Hbond substituents is 1. The number of piperidine rings is 1. The van der Waals surface area contributed by atoms with Crippen LogP contribution in [0.25, 0.3) is 0 Å². The highest BCUT2D eigenvalue weighted by Crippen LogP contribution is 2.27. The molecule has 2 aliphatic heterocycles. The van der Waals surface area contributed by atoms with Gasteiger partial charge in [-0.25, -0.2) is 0 Å². The van der Waals surface area contributed by atoms with E-state index in [1.807, 2.05) is 21.7 Å². The fourth-order valence-electron chi connectivity index (χ4n) is 4.32. The van der Waals surface area contributed by atoms with Gasteiger partial charge in [0.15, 0.2) is 5.69 Å². The molecule has 3 heterocycles. The van der Waals surface area contributed by atoms with Crippen LogP contribution in [0.2, 0.25) is 0 Å². The molecule has 0 saturated carbocycles. The maximum atomic E-state index is 12.5. The smallest absolute Gasteiger partial charge is 0.276 e. The van der Waals surface area contributed by atoms with Gasteiger partial charge in [0, 0.05) is 44.4 Å². The number of carbonyl (C=O) groups excluding carboxylic acids is 1. The number of ether oxygens (including phenoxy) is 1. The van der Waals surface area contributed by atoms with Gasteiger partial charge < -0.3 is 14.7 Å². The molecule has 1 atom stereocenters. The maximum Gasteiger partial charge on any atom is 0.276 e. The zero-order chi connectivity index (χ0) is 20.2. The van der Waals surface area contributed by atoms with E-state index in [2.05, 4.69) is 15.2 Å². The minimum Gasteiger partial charge on any atom is -0.507 e. The summed E-state index contributed by atoms with van der Waals surface area (Å²) in [6.07, 6.45) is 6.16. The average molecular weight is 399 g/mol. The Kier molecular flexibility index (Phi) is 5.99. The third-order valence-corrected chi connectivity index (χ3v) is 5.89. The Hall–Kier alpha value is -2.61. The van der Waals surface area contributed by atoms with E-state index in [1.165, 1.54) is 0 Å². The minimum absolute atomic E-state index is 0.00555. The summed E-state index contributed by atoms with van der Waals surface area (Å²) >= 11 is 0. The van der Waals surface area contributed by atoms with Gasteiger partial charge in [-0.1, -0.05) is 11.3 Å². The van der Waals surface area contributed by atoms with Crippen molar-refractivity contribution in [1.82, 2.24) is 24.8 Å². The number of hydrogen-bond donors (Lipinski definition) is 1. The molecular formula is C21H29N5O3. The van der Waals surface area contributed by atoms with Gasteiger partial charge in [-0.05, 0) is 44.2 Å². The van der Waals surface area contributed by atoms with Crippen molar-refractivity contribution in [2.45, 2.75) is 38.8 Å². The van der Waals surface area contributed by atoms with Gasteiger partial charge in [0.1, 0.15) is 11.5 Å². The van der Waals surface area contributed by atoms with Crippen molar-refractivity contribution < 1.29 is 14.6 Å². The first kappa shape index (κ1) is 19.7. The number of nitrogens with zero attached hydrogens (tertiary/aromatic N) is 5. The SMILES string of the molecule is COc1ccc(CN2CCCC(Cn3cc(C(=O)N4CCCC4)nn3)C2)c(O)c1. The van der Waals surface area contributed by atoms with Crippen molar-refractivity contribution >= 4 is 5.91 Å². The number of benzene rings is 1. The molecule has 0 bridgehead atoms. The van der Waals surface area contributed by atoms with Crippen LogP contribution < -0.4 is 4.74 Å². The van der Waals surface area contributed by atoms with E-state index >= 15 is 0 Å². The van der Waals surface area contributed by atoms with Crippen molar-refractivity contribution in [2.75, 3.05) is 33.3 Å². The second kappa shape index (κ2) is 8.82. The van der Waals surface area contributed by atoms with E-state index in [4.69, 9.17) is 4.74 Å². The number of aromatic nitrogens is 3. The molecule has 0 radical (unpaired) electrons. The lowest BCUT2D eigenvalue weighted by Crippen LogP contribution is -2.36. The van der Waals surface area contributed by atoms with Gasteiger partial charge >= 0.3 is 0 Å². The topological polar surface area (TPSA) is 83.7 Å². The highest BCUT2D eigenvalue weighted by molar-refractivity contribution is 5.92. The molecule has 156 valence electrons. The molecule has 1 N–H and O–H groups in total. The lowest BCUT2D eigenvalue weighted by atomic mass is 9.97. The fraction of sp³-hybridized carbons (Fsp3) is 0.571. The van der Waals surface area contributed by atoms with E-state index in [0.717, 1.165) is 64.0 Å². The number of aromatic hydroxyl groups is 1. The normalized spacial score (nSPS) is 20.2. The molecule has 4 rings (SSSR count). The predicted octanol–water partition coefficient (Wildman–Crippen LogP) is 2.14. The van der Waals surface area contributed by atoms with E-state index in [-0.39, 0.29) is 11.7 Å². The van der Waals surface area contributed by atoms with Crippen LogP contribution in [0, 0.1) is 5.92 Å². The van der Waals surface area contributed by atoms with Crippen LogP contribution in [0.15, 0.2) is 24.4 Å². The number of amides is 1. The minimum atomic E-state index is -0.00555. The predicted molar refractivity (Wildman–Crippen MR) is 108 cm³/mol. The summed E-state index contributed by atoms with van der Waals surface area (Å²) in [6.45, 7) is 5.05. The van der Waals surface area contributed by atoms with Crippen LogP contribution in [0.1, 0.15) is 41.7 Å². The van der Waals surface area contributed by atoms with Crippen LogP contribution in [0.4, 0.5) is 0 Å². The molecule has 1 aromatic heterocycles. The van der Waals surface area contributed by atoms with Gasteiger partial charge in [0.2, 0.25) is 0 Å². The van der Waals surface area contributed by atoms with E-state index in [0.29, 0.717) is 23.9 Å². The molecule has 1 unspecified atom stereocenters. The number of methoxy groups -OCH3 is 1. The van der Waals surface area contributed by atoms with Crippen LogP contribution in [-0.4, -0.2) is 69.1 Å². The number of hydrogen-bond acceptors (Lipinski definition) is 6. The first-order valence-electron chi connectivity index (χ1n) is 10.4. The molecule has 8 heteroatoms. The number of carbonyl (C=O) groups is 1. The number of rotatable bonds is 6. The first-order valence-corrected chi connectivity index (χ1v) is 10.4. The summed E-state index contributed by atoms with van der Waals surface area (Å²) in [4.78, 5) is 16.7. The third kappa shape index (κ3) is 4.70. The van der Waals surface area contributed by atoms with E-state index < -0.39 is 0 Å². The van der Waals surface area contributed by atoms with Gasteiger partial charge in [0.25, 0.3) is 5.91 Å². The summed E-state index contributed by atoms with van der Waals surface area (Å²) in [5.41, 5.74) is 1.36. The highest BCUT2D eigenvalue weighted by Gasteiger charge is 2.24. The standard InChI is InChI=1S/C21H29N5O3/c1-29-18-7-6-17(20(27)11-18)14-24-8-4-5-16(12-24)13-26-15-19(22-23-26)21(28)25-9-2-3-10-25/h6-7,11,15-16,27H,2-5,8-10,12-14H2,1H3. The van der Waals surface area contributed by atoms with Crippen molar-refractivity contribution in [3.8, 4) is 11.5 Å². The Morgan fingerprint density at radius 1 is 1.24 bits per heavy atom. The van der Waals surface area contributed by atoms with Gasteiger partial charge in [-0.2, -0.15) is 0 Å². The number of phenols is 1. The largest absolute Gasteiger partial charge is 0.507 e. The molecule has 2 saturated heterocycles. The summed E-state index contributed by atoms with van der Waals surface area (Å²) < 4.78 is 6.97. The molecule has 2 aromatic rings. The van der Waals surface area contributed by atoms with Crippen LogP contribution in [0.5, 0.6) is 11.5 Å². The zero-order valence-electron chi connectivity index (χ0n) is 17.0. The second-order valence-corrected chi connectivity index (χ2v) is 8.06. The Bertz CT molecular complexity index is 847. The Morgan fingerprint density at radius 3 is 2.83 bits per heavy atom. The third-order valence-electron chi connectivity index (χ3n) is 5.89. The molecule has 0 spiro atoms. The molecule has 1 aromatic carbocycles. The molecule has 1 amide bonds. The highest BCUT2D eigenvalue weighted by atomic mass is 16.5. The van der Waals surface area contributed by atoms with E-state index in [1.54, 1.807) is 19.4 Å². The lowest BCUT2D eigenvalue weighted by molar-refractivity contribution is 0.0787. The monoisotopic (exact) mass is 399 g/mol. The first-order chi connectivity index (χ1) is 14.1. The maximum absolute atomic E-state index is 12.5. The molecule has 8 nitrogen and oxygen atoms in total. The lowest BCUT2D eigenvalue weighted by Gasteiger charge is -2.32.